The Morgan fingerprint density at radius 1 is 0.905 bits per heavy atom. The molecule has 0 spiro atoms. The zero-order valence-electron chi connectivity index (χ0n) is 13.7. The van der Waals surface area contributed by atoms with Gasteiger partial charge in [-0.3, -0.25) is 14.4 Å². The monoisotopic (exact) mass is 413 g/mol. The van der Waals surface area contributed by atoms with E-state index in [1.807, 2.05) is 0 Å². The van der Waals surface area contributed by atoms with Gasteiger partial charge in [-0.1, -0.05) is 0 Å². The van der Waals surface area contributed by atoms with E-state index in [2.05, 4.69) is 13.8 Å². The zero-order valence-corrected chi connectivity index (χ0v) is 16.5. The van der Waals surface area contributed by atoms with Crippen LogP contribution in [0.2, 0.25) is 4.44 Å². The van der Waals surface area contributed by atoms with Crippen LogP contribution in [0, 0.1) is 5.92 Å². The zero-order chi connectivity index (χ0) is 17.8. The van der Waals surface area contributed by atoms with Crippen LogP contribution >= 0.6 is 0 Å². The van der Waals surface area contributed by atoms with Crippen LogP contribution in [0.3, 0.4) is 0 Å². The average Bonchev–Trinajstić information content (AvgIpc) is 2.28. The van der Waals surface area contributed by atoms with Crippen molar-refractivity contribution in [3.63, 3.8) is 0 Å². The Morgan fingerprint density at radius 3 is 1.33 bits per heavy atom. The van der Waals surface area contributed by atoms with Gasteiger partial charge in [0.1, 0.15) is 0 Å². The van der Waals surface area contributed by atoms with E-state index >= 15 is 0 Å². The molecule has 21 heavy (non-hydrogen) atoms. The van der Waals surface area contributed by atoms with E-state index in [0.717, 1.165) is 26.7 Å². The van der Waals surface area contributed by atoms with E-state index in [0.29, 0.717) is 0 Å². The maximum absolute atomic E-state index is 9.00. The Kier molecular flexibility index (Phi) is 32.8. The molecule has 125 valence electrons. The standard InChI is InChI=1S/C8H17.3C2H4O2.Sn/c1-4-6-7-8(3)5-2;3*1-2(3)4;/h8H,3-7H2,1-2H3;3*1H3,(H,3,4);. The van der Waals surface area contributed by atoms with Gasteiger partial charge < -0.3 is 15.3 Å². The van der Waals surface area contributed by atoms with Gasteiger partial charge in [0.05, 0.1) is 0 Å². The van der Waals surface area contributed by atoms with E-state index in [9.17, 15) is 0 Å². The predicted molar refractivity (Wildman–Crippen MR) is 83.8 cm³/mol. The molecule has 0 aliphatic rings. The van der Waals surface area contributed by atoms with Crippen LogP contribution in [0.25, 0.3) is 0 Å². The molecule has 0 saturated heterocycles. The normalized spacial score (nSPS) is 9.43. The van der Waals surface area contributed by atoms with Crippen LogP contribution in [-0.4, -0.2) is 55.8 Å². The van der Waals surface area contributed by atoms with Gasteiger partial charge in [-0.25, -0.2) is 0 Å². The molecule has 0 heterocycles. The molecule has 0 aromatic carbocycles. The van der Waals surface area contributed by atoms with Crippen molar-refractivity contribution < 1.29 is 29.7 Å². The summed E-state index contributed by atoms with van der Waals surface area (Å²) >= 11 is 1.71. The summed E-state index contributed by atoms with van der Waals surface area (Å²) in [7, 11) is 0. The first-order chi connectivity index (χ1) is 9.54. The molecule has 6 nitrogen and oxygen atoms in total. The van der Waals surface area contributed by atoms with Crippen molar-refractivity contribution in [2.24, 2.45) is 5.92 Å². The number of carboxylic acid groups (broad SMARTS) is 3. The van der Waals surface area contributed by atoms with Crippen molar-refractivity contribution in [2.45, 2.75) is 64.7 Å². The van der Waals surface area contributed by atoms with Gasteiger partial charge in [0.25, 0.3) is 17.9 Å². The van der Waals surface area contributed by atoms with Crippen LogP contribution in [0.4, 0.5) is 0 Å². The van der Waals surface area contributed by atoms with Gasteiger partial charge in [-0.2, -0.15) is 0 Å². The van der Waals surface area contributed by atoms with Crippen molar-refractivity contribution in [3.05, 3.63) is 0 Å². The van der Waals surface area contributed by atoms with E-state index < -0.39 is 17.9 Å². The van der Waals surface area contributed by atoms with Crippen molar-refractivity contribution in [3.8, 4) is 0 Å². The summed E-state index contributed by atoms with van der Waals surface area (Å²) in [6.07, 6.45) is 5.67. The Labute approximate surface area is 141 Å². The van der Waals surface area contributed by atoms with Crippen LogP contribution in [0.15, 0.2) is 0 Å². The molecule has 0 amide bonds. The fourth-order valence-electron chi connectivity index (χ4n) is 0.943. The number of aliphatic carboxylic acids is 3. The first-order valence-corrected chi connectivity index (χ1v) is 8.79. The first-order valence-electron chi connectivity index (χ1n) is 6.78. The summed E-state index contributed by atoms with van der Waals surface area (Å²) in [5.74, 6) is -1.46. The molecule has 0 aromatic rings. The minimum absolute atomic E-state index is 0.833. The minimum atomic E-state index is -0.833. The molecule has 1 atom stereocenters. The van der Waals surface area contributed by atoms with Gasteiger partial charge in [-0.15, -0.1) is 0 Å². The number of carboxylic acids is 3. The van der Waals surface area contributed by atoms with Gasteiger partial charge >= 0.3 is 72.4 Å². The van der Waals surface area contributed by atoms with Crippen molar-refractivity contribution in [2.75, 3.05) is 0 Å². The third-order valence-electron chi connectivity index (χ3n) is 1.83. The molecule has 0 fully saturated rings. The number of hydrogen-bond donors (Lipinski definition) is 3. The number of unbranched alkanes of at least 4 members (excludes halogenated alkanes) is 1. The second-order valence-electron chi connectivity index (χ2n) is 4.18. The van der Waals surface area contributed by atoms with Crippen LogP contribution in [0.1, 0.15) is 60.3 Å². The van der Waals surface area contributed by atoms with Gasteiger partial charge in [0, 0.05) is 20.8 Å². The van der Waals surface area contributed by atoms with Crippen LogP contribution in [-0.2, 0) is 14.4 Å². The summed E-state index contributed by atoms with van der Waals surface area (Å²) < 4.78 is 1.46. The van der Waals surface area contributed by atoms with Crippen LogP contribution < -0.4 is 0 Å². The number of rotatable bonds is 5. The molecular weight excluding hydrogens is 383 g/mol. The Bertz CT molecular complexity index is 211. The van der Waals surface area contributed by atoms with Gasteiger partial charge in [-0.05, 0) is 0 Å². The molecule has 0 aliphatic carbocycles. The Balaban J connectivity index is -0.000000102. The summed E-state index contributed by atoms with van der Waals surface area (Å²) in [4.78, 5) is 27.0. The second-order valence-corrected chi connectivity index (χ2v) is 5.34. The topological polar surface area (TPSA) is 112 Å². The maximum atomic E-state index is 9.00. The fourth-order valence-corrected chi connectivity index (χ4v) is 2.35. The van der Waals surface area contributed by atoms with Crippen LogP contribution in [0.5, 0.6) is 0 Å². The molecule has 3 radical (unpaired) electrons. The molecule has 3 N–H and O–H groups in total. The van der Waals surface area contributed by atoms with Crippen molar-refractivity contribution in [1.29, 1.82) is 0 Å². The molecule has 0 saturated carbocycles. The third-order valence-corrected chi connectivity index (χ3v) is 3.48. The second kappa shape index (κ2) is 24.2. The molecule has 0 bridgehead atoms. The average molecular weight is 412 g/mol. The van der Waals surface area contributed by atoms with Gasteiger partial charge in [0.2, 0.25) is 0 Å². The van der Waals surface area contributed by atoms with E-state index in [-0.39, 0.29) is 0 Å². The quantitative estimate of drug-likeness (QED) is 0.599. The van der Waals surface area contributed by atoms with Crippen molar-refractivity contribution >= 4 is 40.4 Å². The number of carbonyl (C=O) groups is 3. The van der Waals surface area contributed by atoms with Crippen molar-refractivity contribution in [1.82, 2.24) is 0 Å². The predicted octanol–water partition coefficient (Wildman–Crippen LogP) is 3.06. The molecule has 1 unspecified atom stereocenters. The Hall–Kier alpha value is -0.791. The summed E-state index contributed by atoms with van der Waals surface area (Å²) in [5, 5.41) is 22.2. The molecule has 0 aliphatic heterocycles. The van der Waals surface area contributed by atoms with E-state index in [1.54, 1.807) is 22.5 Å². The summed E-state index contributed by atoms with van der Waals surface area (Å²) in [6, 6.07) is 0. The summed E-state index contributed by atoms with van der Waals surface area (Å²) in [6.45, 7) is 7.83. The molecule has 0 rings (SSSR count). The van der Waals surface area contributed by atoms with Gasteiger partial charge in [0.15, 0.2) is 0 Å². The van der Waals surface area contributed by atoms with E-state index in [4.69, 9.17) is 29.7 Å². The van der Waals surface area contributed by atoms with E-state index in [1.165, 1.54) is 30.1 Å². The fraction of sp³-hybridized carbons (Fsp3) is 0.786. The number of hydrogen-bond acceptors (Lipinski definition) is 3. The Morgan fingerprint density at radius 2 is 1.19 bits per heavy atom. The molecular formula is C14H29O6Sn. The third kappa shape index (κ3) is 109. The first kappa shape index (κ1) is 28.4. The SMILES string of the molecule is CC(=O)O.CC(=O)O.CC(=O)O.CCCCC(CC)[CH2][Sn]. The molecule has 7 heteroatoms. The molecule has 0 aromatic heterocycles. The summed E-state index contributed by atoms with van der Waals surface area (Å²) in [5.41, 5.74) is 0.